The third kappa shape index (κ3) is 5.83. The first-order valence-corrected chi connectivity index (χ1v) is 4.35. The zero-order chi connectivity index (χ0) is 12.4. The van der Waals surface area contributed by atoms with Gasteiger partial charge in [0.2, 0.25) is 0 Å². The molecule has 0 heterocycles. The van der Waals surface area contributed by atoms with Crippen LogP contribution in [0.4, 0.5) is 0 Å². The molecule has 0 amide bonds. The fourth-order valence-corrected chi connectivity index (χ4v) is 0.953. The molecule has 0 aliphatic carbocycles. The van der Waals surface area contributed by atoms with Crippen LogP contribution >= 0.6 is 0 Å². The second kappa shape index (κ2) is 9.18. The van der Waals surface area contributed by atoms with E-state index < -0.39 is 7.12 Å². The Kier molecular flexibility index (Phi) is 9.83. The van der Waals surface area contributed by atoms with Gasteiger partial charge in [0.15, 0.2) is 0 Å². The molecule has 0 aromatic rings. The van der Waals surface area contributed by atoms with Crippen molar-refractivity contribution >= 4 is 13.3 Å². The minimum absolute atomic E-state index is 0.310. The summed E-state index contributed by atoms with van der Waals surface area (Å²) in [5.41, 5.74) is 1.64. The smallest absolute Gasteiger partial charge is 0.423 e. The number of allylic oxidation sites excluding steroid dienone is 4. The van der Waals surface area contributed by atoms with Crippen molar-refractivity contribution in [3.05, 3.63) is 49.0 Å². The summed E-state index contributed by atoms with van der Waals surface area (Å²) in [5.74, 6) is 0. The number of hydrogen-bond donors (Lipinski definition) is 2. The molecule has 0 rings (SSSR count). The Balaban J connectivity index is 0. The van der Waals surface area contributed by atoms with Gasteiger partial charge in [-0.25, -0.2) is 0 Å². The lowest BCUT2D eigenvalue weighted by Gasteiger charge is -2.06. The molecule has 0 unspecified atom stereocenters. The van der Waals surface area contributed by atoms with Crippen molar-refractivity contribution in [1.82, 2.24) is 0 Å². The Morgan fingerprint density at radius 1 is 1.33 bits per heavy atom. The summed E-state index contributed by atoms with van der Waals surface area (Å²) in [7, 11) is 0.00928. The largest absolute Gasteiger partial charge is 0.490 e. The average molecular weight is 207 g/mol. The highest BCUT2D eigenvalue weighted by Crippen LogP contribution is 2.13. The summed E-state index contributed by atoms with van der Waals surface area (Å²) >= 11 is 0. The van der Waals surface area contributed by atoms with Gasteiger partial charge in [-0.15, -0.1) is 13.2 Å². The molecule has 0 radical (unpaired) electrons. The van der Waals surface area contributed by atoms with Gasteiger partial charge in [-0.2, -0.15) is 0 Å². The molecule has 0 saturated carbocycles. The SMILES string of the molecule is C=C.C=C/C(C(=C)C)=C(/C=NC)B(O)O. The summed E-state index contributed by atoms with van der Waals surface area (Å²) in [6.07, 6.45) is 2.91. The third-order valence-electron chi connectivity index (χ3n) is 1.52. The van der Waals surface area contributed by atoms with Crippen LogP contribution in [0.1, 0.15) is 6.92 Å². The predicted molar refractivity (Wildman–Crippen MR) is 67.9 cm³/mol. The minimum Gasteiger partial charge on any atom is -0.423 e. The fraction of sp³-hybridized carbons (Fsp3) is 0.182. The Hall–Kier alpha value is -1.39. The van der Waals surface area contributed by atoms with Crippen LogP contribution in [0, 0.1) is 0 Å². The Morgan fingerprint density at radius 3 is 2.00 bits per heavy atom. The van der Waals surface area contributed by atoms with E-state index in [1.807, 2.05) is 0 Å². The van der Waals surface area contributed by atoms with Crippen LogP contribution in [0.3, 0.4) is 0 Å². The van der Waals surface area contributed by atoms with Crippen molar-refractivity contribution < 1.29 is 10.0 Å². The Bertz CT molecular complexity index is 280. The highest BCUT2D eigenvalue weighted by Gasteiger charge is 2.16. The van der Waals surface area contributed by atoms with E-state index in [0.29, 0.717) is 11.0 Å². The summed E-state index contributed by atoms with van der Waals surface area (Å²) in [6, 6.07) is 0. The molecule has 0 spiro atoms. The number of nitrogens with zero attached hydrogens (tertiary/aromatic N) is 1. The van der Waals surface area contributed by atoms with E-state index in [4.69, 9.17) is 10.0 Å². The molecular formula is C11H18BNO2. The van der Waals surface area contributed by atoms with Crippen molar-refractivity contribution in [1.29, 1.82) is 0 Å². The van der Waals surface area contributed by atoms with Gasteiger partial charge in [0.1, 0.15) is 0 Å². The van der Waals surface area contributed by atoms with Crippen LogP contribution in [0.15, 0.2) is 54.0 Å². The van der Waals surface area contributed by atoms with E-state index in [1.165, 1.54) is 12.3 Å². The van der Waals surface area contributed by atoms with Crippen LogP contribution in [0.25, 0.3) is 0 Å². The maximum Gasteiger partial charge on any atom is 0.490 e. The molecule has 0 aliphatic rings. The molecule has 15 heavy (non-hydrogen) atoms. The Morgan fingerprint density at radius 2 is 1.80 bits per heavy atom. The van der Waals surface area contributed by atoms with Crippen molar-refractivity contribution in [2.24, 2.45) is 4.99 Å². The first kappa shape index (κ1) is 16.1. The molecule has 0 fully saturated rings. The van der Waals surface area contributed by atoms with Gasteiger partial charge < -0.3 is 10.0 Å². The molecule has 4 heteroatoms. The van der Waals surface area contributed by atoms with E-state index in [9.17, 15) is 0 Å². The Labute approximate surface area is 92.0 Å². The second-order valence-electron chi connectivity index (χ2n) is 2.61. The van der Waals surface area contributed by atoms with E-state index in [0.717, 1.165) is 5.57 Å². The van der Waals surface area contributed by atoms with Crippen LogP contribution in [0.2, 0.25) is 0 Å². The molecule has 0 atom stereocenters. The molecular weight excluding hydrogens is 189 g/mol. The minimum atomic E-state index is -1.55. The lowest BCUT2D eigenvalue weighted by Crippen LogP contribution is -2.18. The monoisotopic (exact) mass is 207 g/mol. The molecule has 0 aromatic heterocycles. The predicted octanol–water partition coefficient (Wildman–Crippen LogP) is 1.56. The van der Waals surface area contributed by atoms with Gasteiger partial charge in [0.05, 0.1) is 0 Å². The first-order chi connectivity index (χ1) is 7.04. The lowest BCUT2D eigenvalue weighted by molar-refractivity contribution is 0.421. The zero-order valence-corrected chi connectivity index (χ0v) is 9.40. The zero-order valence-electron chi connectivity index (χ0n) is 9.40. The van der Waals surface area contributed by atoms with Crippen molar-refractivity contribution in [3.63, 3.8) is 0 Å². The van der Waals surface area contributed by atoms with E-state index >= 15 is 0 Å². The fourth-order valence-electron chi connectivity index (χ4n) is 0.953. The van der Waals surface area contributed by atoms with Gasteiger partial charge in [0.25, 0.3) is 0 Å². The standard InChI is InChI=1S/C9H14BNO2.C2H4/c1-5-8(7(2)3)9(6-11-4)10(12)13;1-2/h5-6,12-13H,1-2H2,3-4H3;1-2H2/b9-8+,11-6?;. The molecule has 82 valence electrons. The number of hydrogen-bond acceptors (Lipinski definition) is 3. The highest BCUT2D eigenvalue weighted by atomic mass is 16.4. The molecule has 0 aliphatic heterocycles. The molecule has 0 aromatic carbocycles. The van der Waals surface area contributed by atoms with Crippen LogP contribution < -0.4 is 0 Å². The maximum absolute atomic E-state index is 9.01. The van der Waals surface area contributed by atoms with Gasteiger partial charge in [0, 0.05) is 18.7 Å². The summed E-state index contributed by atoms with van der Waals surface area (Å²) in [4.78, 5) is 3.72. The lowest BCUT2D eigenvalue weighted by atomic mass is 9.75. The number of aliphatic imine (C=N–C) groups is 1. The molecule has 2 N–H and O–H groups in total. The van der Waals surface area contributed by atoms with E-state index in [-0.39, 0.29) is 0 Å². The van der Waals surface area contributed by atoms with Crippen molar-refractivity contribution in [2.45, 2.75) is 6.92 Å². The van der Waals surface area contributed by atoms with Crippen LogP contribution in [0.5, 0.6) is 0 Å². The normalized spacial score (nSPS) is 11.2. The van der Waals surface area contributed by atoms with Crippen molar-refractivity contribution in [3.8, 4) is 0 Å². The molecule has 3 nitrogen and oxygen atoms in total. The maximum atomic E-state index is 9.01. The van der Waals surface area contributed by atoms with E-state index in [1.54, 1.807) is 14.0 Å². The summed E-state index contributed by atoms with van der Waals surface area (Å²) in [6.45, 7) is 15.0. The summed E-state index contributed by atoms with van der Waals surface area (Å²) < 4.78 is 0. The average Bonchev–Trinajstić information content (AvgIpc) is 2.20. The summed E-state index contributed by atoms with van der Waals surface area (Å²) in [5, 5.41) is 18.0. The molecule has 0 saturated heterocycles. The highest BCUT2D eigenvalue weighted by molar-refractivity contribution is 6.57. The topological polar surface area (TPSA) is 52.8 Å². The van der Waals surface area contributed by atoms with Gasteiger partial charge >= 0.3 is 7.12 Å². The van der Waals surface area contributed by atoms with Gasteiger partial charge in [-0.3, -0.25) is 4.99 Å². The quantitative estimate of drug-likeness (QED) is 0.318. The van der Waals surface area contributed by atoms with Crippen LogP contribution in [-0.4, -0.2) is 30.4 Å². The first-order valence-electron chi connectivity index (χ1n) is 4.35. The second-order valence-corrected chi connectivity index (χ2v) is 2.61. The third-order valence-corrected chi connectivity index (χ3v) is 1.52. The van der Waals surface area contributed by atoms with Crippen molar-refractivity contribution in [2.75, 3.05) is 7.05 Å². The van der Waals surface area contributed by atoms with E-state index in [2.05, 4.69) is 31.3 Å². The molecule has 0 bridgehead atoms. The van der Waals surface area contributed by atoms with Crippen LogP contribution in [-0.2, 0) is 0 Å². The number of rotatable bonds is 4. The van der Waals surface area contributed by atoms with Gasteiger partial charge in [-0.05, 0) is 12.5 Å². The van der Waals surface area contributed by atoms with Gasteiger partial charge in [-0.1, -0.05) is 24.8 Å².